The fourth-order valence-corrected chi connectivity index (χ4v) is 3.82. The van der Waals surface area contributed by atoms with Gasteiger partial charge in [0.05, 0.1) is 6.61 Å². The number of halogens is 6. The van der Waals surface area contributed by atoms with E-state index in [4.69, 9.17) is 4.74 Å². The largest absolute Gasteiger partial charge is 0.494 e. The lowest BCUT2D eigenvalue weighted by Gasteiger charge is -2.26. The van der Waals surface area contributed by atoms with Gasteiger partial charge in [-0.15, -0.1) is 0 Å². The van der Waals surface area contributed by atoms with E-state index in [1.165, 1.54) is 17.7 Å². The third kappa shape index (κ3) is 7.09. The second-order valence-electron chi connectivity index (χ2n) is 8.33. The molecule has 0 spiro atoms. The molecule has 0 aliphatic heterocycles. The normalized spacial score (nSPS) is 19.6. The van der Waals surface area contributed by atoms with Gasteiger partial charge in [-0.1, -0.05) is 30.9 Å². The first-order valence-electron chi connectivity index (χ1n) is 11.2. The third-order valence-corrected chi connectivity index (χ3v) is 5.66. The standard InChI is InChI=1S/C26H26F6O2/c1-2-17-33-22-15-11-21(12-16-22)20-9-5-18(6-10-20)3-4-19-7-13-23(14-8-19)34-26(31,32)24(27)25(28,29)30/h7-8,11-16,18,20,24H,2,5-6,9-10,17H2,1H3. The number of rotatable bonds is 7. The van der Waals surface area contributed by atoms with E-state index in [1.807, 2.05) is 12.1 Å². The predicted molar refractivity (Wildman–Crippen MR) is 117 cm³/mol. The quantitative estimate of drug-likeness (QED) is 0.297. The molecule has 0 aromatic heterocycles. The van der Waals surface area contributed by atoms with Crippen LogP contribution < -0.4 is 9.47 Å². The molecule has 2 aromatic rings. The van der Waals surface area contributed by atoms with Crippen molar-refractivity contribution in [2.24, 2.45) is 5.92 Å². The Morgan fingerprint density at radius 2 is 1.47 bits per heavy atom. The predicted octanol–water partition coefficient (Wildman–Crippen LogP) is 7.67. The van der Waals surface area contributed by atoms with Crippen molar-refractivity contribution in [3.63, 3.8) is 0 Å². The summed E-state index contributed by atoms with van der Waals surface area (Å²) in [4.78, 5) is 0. The molecule has 1 atom stereocenters. The van der Waals surface area contributed by atoms with Crippen molar-refractivity contribution in [1.29, 1.82) is 0 Å². The highest BCUT2D eigenvalue weighted by Gasteiger charge is 2.59. The molecule has 0 radical (unpaired) electrons. The molecule has 0 amide bonds. The molecule has 0 N–H and O–H groups in total. The summed E-state index contributed by atoms with van der Waals surface area (Å²) in [5, 5.41) is 0. The Morgan fingerprint density at radius 1 is 0.882 bits per heavy atom. The molecule has 2 aromatic carbocycles. The molecule has 8 heteroatoms. The highest BCUT2D eigenvalue weighted by molar-refractivity contribution is 5.39. The molecule has 0 bridgehead atoms. The van der Waals surface area contributed by atoms with Crippen LogP contribution in [0.1, 0.15) is 56.1 Å². The Kier molecular flexibility index (Phi) is 8.40. The highest BCUT2D eigenvalue weighted by Crippen LogP contribution is 2.37. The summed E-state index contributed by atoms with van der Waals surface area (Å²) < 4.78 is 85.9. The lowest BCUT2D eigenvalue weighted by atomic mass is 9.79. The van der Waals surface area contributed by atoms with Crippen LogP contribution >= 0.6 is 0 Å². The van der Waals surface area contributed by atoms with Gasteiger partial charge >= 0.3 is 12.3 Å². The molecule has 3 rings (SSSR count). The summed E-state index contributed by atoms with van der Waals surface area (Å²) in [6, 6.07) is 13.0. The number of ether oxygens (including phenoxy) is 2. The van der Waals surface area contributed by atoms with Crippen LogP contribution in [0.25, 0.3) is 0 Å². The van der Waals surface area contributed by atoms with E-state index in [2.05, 4.69) is 35.6 Å². The van der Waals surface area contributed by atoms with Gasteiger partial charge in [0.15, 0.2) is 0 Å². The molecular weight excluding hydrogens is 458 g/mol. The maximum atomic E-state index is 13.4. The summed E-state index contributed by atoms with van der Waals surface area (Å²) in [5.74, 6) is 7.11. The van der Waals surface area contributed by atoms with Gasteiger partial charge in [-0.25, -0.2) is 4.39 Å². The molecule has 0 heterocycles. The Labute approximate surface area is 195 Å². The van der Waals surface area contributed by atoms with E-state index in [9.17, 15) is 26.3 Å². The lowest BCUT2D eigenvalue weighted by molar-refractivity contribution is -0.304. The van der Waals surface area contributed by atoms with Gasteiger partial charge in [0.2, 0.25) is 0 Å². The summed E-state index contributed by atoms with van der Waals surface area (Å²) >= 11 is 0. The van der Waals surface area contributed by atoms with E-state index < -0.39 is 24.2 Å². The van der Waals surface area contributed by atoms with Crippen LogP contribution in [0.3, 0.4) is 0 Å². The second kappa shape index (κ2) is 11.1. The lowest BCUT2D eigenvalue weighted by Crippen LogP contribution is -2.45. The summed E-state index contributed by atoms with van der Waals surface area (Å²) in [6.07, 6.45) is -10.3. The zero-order valence-electron chi connectivity index (χ0n) is 18.7. The topological polar surface area (TPSA) is 18.5 Å². The summed E-state index contributed by atoms with van der Waals surface area (Å²) in [5.41, 5.74) is 1.79. The minimum absolute atomic E-state index is 0.197. The fourth-order valence-electron chi connectivity index (χ4n) is 3.82. The van der Waals surface area contributed by atoms with Crippen molar-refractivity contribution in [1.82, 2.24) is 0 Å². The van der Waals surface area contributed by atoms with Crippen LogP contribution in [0, 0.1) is 17.8 Å². The van der Waals surface area contributed by atoms with Crippen molar-refractivity contribution >= 4 is 0 Å². The Morgan fingerprint density at radius 3 is 2.03 bits per heavy atom. The summed E-state index contributed by atoms with van der Waals surface area (Å²) in [7, 11) is 0. The summed E-state index contributed by atoms with van der Waals surface area (Å²) in [6.45, 7) is 2.76. The number of benzene rings is 2. The molecule has 184 valence electrons. The monoisotopic (exact) mass is 484 g/mol. The highest BCUT2D eigenvalue weighted by atomic mass is 19.4. The Balaban J connectivity index is 1.51. The molecule has 1 fully saturated rings. The molecule has 1 aliphatic carbocycles. The SMILES string of the molecule is CCCOc1ccc(C2CCC(C#Cc3ccc(OC(F)(F)C(F)C(F)(F)F)cc3)CC2)cc1. The molecule has 0 saturated heterocycles. The van der Waals surface area contributed by atoms with Crippen LogP contribution in [0.2, 0.25) is 0 Å². The average Bonchev–Trinajstić information content (AvgIpc) is 2.82. The smallest absolute Gasteiger partial charge is 0.439 e. The second-order valence-corrected chi connectivity index (χ2v) is 8.33. The van der Waals surface area contributed by atoms with Crippen LogP contribution in [0.5, 0.6) is 11.5 Å². The Bertz CT molecular complexity index is 966. The van der Waals surface area contributed by atoms with E-state index in [1.54, 1.807) is 0 Å². The van der Waals surface area contributed by atoms with E-state index >= 15 is 0 Å². The molecular formula is C26H26F6O2. The number of hydrogen-bond acceptors (Lipinski definition) is 2. The van der Waals surface area contributed by atoms with Gasteiger partial charge < -0.3 is 9.47 Å². The van der Waals surface area contributed by atoms with Gasteiger partial charge in [-0.05, 0) is 80.0 Å². The van der Waals surface area contributed by atoms with Crippen molar-refractivity contribution in [3.8, 4) is 23.3 Å². The van der Waals surface area contributed by atoms with Crippen molar-refractivity contribution in [3.05, 3.63) is 59.7 Å². The molecule has 1 aliphatic rings. The molecule has 2 nitrogen and oxygen atoms in total. The van der Waals surface area contributed by atoms with Gasteiger partial charge in [0.25, 0.3) is 6.17 Å². The molecule has 34 heavy (non-hydrogen) atoms. The zero-order valence-corrected chi connectivity index (χ0v) is 18.7. The van der Waals surface area contributed by atoms with Crippen LogP contribution in [-0.4, -0.2) is 25.1 Å². The molecule has 1 saturated carbocycles. The van der Waals surface area contributed by atoms with E-state index in [0.717, 1.165) is 50.0 Å². The zero-order chi connectivity index (χ0) is 24.8. The minimum Gasteiger partial charge on any atom is -0.494 e. The first-order valence-corrected chi connectivity index (χ1v) is 11.2. The molecule has 1 unspecified atom stereocenters. The van der Waals surface area contributed by atoms with Gasteiger partial charge in [0.1, 0.15) is 11.5 Å². The van der Waals surface area contributed by atoms with Crippen molar-refractivity contribution in [2.75, 3.05) is 6.61 Å². The maximum absolute atomic E-state index is 13.4. The first kappa shape index (κ1) is 25.8. The minimum atomic E-state index is -5.72. The van der Waals surface area contributed by atoms with Crippen LogP contribution in [-0.2, 0) is 0 Å². The van der Waals surface area contributed by atoms with E-state index in [0.29, 0.717) is 18.1 Å². The van der Waals surface area contributed by atoms with E-state index in [-0.39, 0.29) is 5.92 Å². The fraction of sp³-hybridized carbons (Fsp3) is 0.462. The third-order valence-electron chi connectivity index (χ3n) is 5.66. The van der Waals surface area contributed by atoms with Gasteiger partial charge in [0, 0.05) is 11.5 Å². The first-order chi connectivity index (χ1) is 16.1. The number of alkyl halides is 6. The van der Waals surface area contributed by atoms with Gasteiger partial charge in [-0.2, -0.15) is 22.0 Å². The number of hydrogen-bond donors (Lipinski definition) is 0. The Hall–Kier alpha value is -2.82. The van der Waals surface area contributed by atoms with Crippen LogP contribution in [0.15, 0.2) is 48.5 Å². The van der Waals surface area contributed by atoms with Crippen molar-refractivity contribution in [2.45, 2.75) is 63.4 Å². The average molecular weight is 484 g/mol. The van der Waals surface area contributed by atoms with Crippen molar-refractivity contribution < 1.29 is 35.8 Å². The van der Waals surface area contributed by atoms with Gasteiger partial charge in [-0.3, -0.25) is 0 Å². The maximum Gasteiger partial charge on any atom is 0.439 e. The van der Waals surface area contributed by atoms with Crippen LogP contribution in [0.4, 0.5) is 26.3 Å².